The van der Waals surface area contributed by atoms with Gasteiger partial charge in [-0.05, 0) is 13.8 Å². The number of rotatable bonds is 3. The van der Waals surface area contributed by atoms with Crippen LogP contribution in [0.4, 0.5) is 0 Å². The molecule has 0 spiro atoms. The molecule has 0 unspecified atom stereocenters. The van der Waals surface area contributed by atoms with E-state index in [-0.39, 0.29) is 5.54 Å². The van der Waals surface area contributed by atoms with Crippen molar-refractivity contribution in [2.45, 2.75) is 19.4 Å². The molecule has 2 aromatic heterocycles. The van der Waals surface area contributed by atoms with E-state index in [4.69, 9.17) is 4.52 Å². The number of nitrogens with one attached hydrogen (secondary N) is 2. The molecule has 2 N–H and O–H groups in total. The third kappa shape index (κ3) is 2.24. The van der Waals surface area contributed by atoms with Gasteiger partial charge in [0, 0.05) is 26.2 Å². The lowest BCUT2D eigenvalue weighted by atomic mass is 10.0. The van der Waals surface area contributed by atoms with Crippen molar-refractivity contribution in [1.29, 1.82) is 0 Å². The summed E-state index contributed by atoms with van der Waals surface area (Å²) in [4.78, 5) is 6.79. The van der Waals surface area contributed by atoms with Gasteiger partial charge in [0.15, 0.2) is 11.5 Å². The average molecular weight is 263 g/mol. The van der Waals surface area contributed by atoms with Gasteiger partial charge < -0.3 is 9.84 Å². The summed E-state index contributed by atoms with van der Waals surface area (Å²) >= 11 is 0. The van der Waals surface area contributed by atoms with Crippen molar-refractivity contribution in [1.82, 2.24) is 35.8 Å². The predicted octanol–water partition coefficient (Wildman–Crippen LogP) is -0.00500. The lowest BCUT2D eigenvalue weighted by Gasteiger charge is -2.38. The molecule has 0 aliphatic carbocycles. The Kier molecular flexibility index (Phi) is 3.03. The minimum Gasteiger partial charge on any atom is -0.332 e. The number of aromatic amines is 1. The highest BCUT2D eigenvalue weighted by atomic mass is 16.5. The molecule has 3 rings (SSSR count). The zero-order chi connectivity index (χ0) is 13.3. The second-order valence-electron chi connectivity index (χ2n) is 5.07. The Morgan fingerprint density at radius 1 is 1.32 bits per heavy atom. The van der Waals surface area contributed by atoms with Gasteiger partial charge in [-0.1, -0.05) is 5.16 Å². The van der Waals surface area contributed by atoms with Gasteiger partial charge in [-0.3, -0.25) is 4.90 Å². The summed E-state index contributed by atoms with van der Waals surface area (Å²) in [6.07, 6.45) is 1.56. The molecule has 0 radical (unpaired) electrons. The zero-order valence-corrected chi connectivity index (χ0v) is 11.1. The molecule has 0 amide bonds. The van der Waals surface area contributed by atoms with Gasteiger partial charge in [0.05, 0.1) is 11.7 Å². The number of hydrogen-bond acceptors (Lipinski definition) is 7. The molecule has 1 saturated heterocycles. The summed E-state index contributed by atoms with van der Waals surface area (Å²) in [5.41, 5.74) is 0.308. The molecule has 1 aliphatic rings. The Morgan fingerprint density at radius 2 is 2.11 bits per heavy atom. The predicted molar refractivity (Wildman–Crippen MR) is 67.1 cm³/mol. The van der Waals surface area contributed by atoms with E-state index in [1.165, 1.54) is 0 Å². The molecule has 0 aromatic carbocycles. The number of aromatic nitrogens is 5. The van der Waals surface area contributed by atoms with Crippen LogP contribution in [-0.4, -0.2) is 56.6 Å². The first kappa shape index (κ1) is 12.2. The molecule has 1 aliphatic heterocycles. The van der Waals surface area contributed by atoms with Crippen molar-refractivity contribution >= 4 is 0 Å². The van der Waals surface area contributed by atoms with E-state index in [1.807, 2.05) is 0 Å². The van der Waals surface area contributed by atoms with E-state index in [0.717, 1.165) is 26.2 Å². The van der Waals surface area contributed by atoms with Crippen LogP contribution in [0, 0.1) is 0 Å². The van der Waals surface area contributed by atoms with Crippen molar-refractivity contribution in [2.24, 2.45) is 0 Å². The molecule has 0 atom stereocenters. The average Bonchev–Trinajstić information content (AvgIpc) is 3.10. The van der Waals surface area contributed by atoms with E-state index in [1.54, 1.807) is 6.20 Å². The smallest absolute Gasteiger partial charge is 0.280 e. The molecule has 1 fully saturated rings. The van der Waals surface area contributed by atoms with Crippen LogP contribution < -0.4 is 5.32 Å². The summed E-state index contributed by atoms with van der Waals surface area (Å²) in [6, 6.07) is 0. The first-order valence-electron chi connectivity index (χ1n) is 6.34. The van der Waals surface area contributed by atoms with Crippen LogP contribution in [0.15, 0.2) is 10.7 Å². The van der Waals surface area contributed by atoms with Crippen molar-refractivity contribution in [3.05, 3.63) is 12.0 Å². The second kappa shape index (κ2) is 4.71. The molecule has 19 heavy (non-hydrogen) atoms. The van der Waals surface area contributed by atoms with E-state index >= 15 is 0 Å². The van der Waals surface area contributed by atoms with Crippen molar-refractivity contribution in [3.63, 3.8) is 0 Å². The van der Waals surface area contributed by atoms with Crippen molar-refractivity contribution < 1.29 is 4.52 Å². The molecule has 102 valence electrons. The topological polar surface area (TPSA) is 95.8 Å². The highest BCUT2D eigenvalue weighted by Gasteiger charge is 2.34. The normalized spacial score (nSPS) is 17.8. The molecule has 8 heteroatoms. The molecule has 3 heterocycles. The third-order valence-electron chi connectivity index (χ3n) is 3.51. The molecule has 0 saturated carbocycles. The summed E-state index contributed by atoms with van der Waals surface area (Å²) in [6.45, 7) is 8.13. The maximum absolute atomic E-state index is 5.26. The summed E-state index contributed by atoms with van der Waals surface area (Å²) in [7, 11) is 0. The fraction of sp³-hybridized carbons (Fsp3) is 0.636. The van der Waals surface area contributed by atoms with E-state index in [0.29, 0.717) is 17.4 Å². The van der Waals surface area contributed by atoms with Crippen LogP contribution in [-0.2, 0) is 5.54 Å². The number of hydrogen-bond donors (Lipinski definition) is 2. The van der Waals surface area contributed by atoms with Gasteiger partial charge in [-0.2, -0.15) is 20.4 Å². The Bertz CT molecular complexity index is 527. The summed E-state index contributed by atoms with van der Waals surface area (Å²) in [5, 5.41) is 17.6. The lowest BCUT2D eigenvalue weighted by molar-refractivity contribution is 0.0925. The highest BCUT2D eigenvalue weighted by Crippen LogP contribution is 2.27. The second-order valence-corrected chi connectivity index (χ2v) is 5.07. The van der Waals surface area contributed by atoms with E-state index in [2.05, 4.69) is 49.6 Å². The van der Waals surface area contributed by atoms with Crippen LogP contribution in [0.2, 0.25) is 0 Å². The minimum atomic E-state index is -0.256. The number of piperazine rings is 1. The van der Waals surface area contributed by atoms with Gasteiger partial charge in [0.2, 0.25) is 0 Å². The fourth-order valence-corrected chi connectivity index (χ4v) is 2.25. The van der Waals surface area contributed by atoms with Crippen LogP contribution in [0.25, 0.3) is 11.6 Å². The van der Waals surface area contributed by atoms with Gasteiger partial charge in [-0.15, -0.1) is 0 Å². The number of H-pyrrole nitrogens is 1. The maximum atomic E-state index is 5.26. The Hall–Kier alpha value is -1.80. The monoisotopic (exact) mass is 263 g/mol. The van der Waals surface area contributed by atoms with E-state index < -0.39 is 0 Å². The van der Waals surface area contributed by atoms with Gasteiger partial charge >= 0.3 is 0 Å². The quantitative estimate of drug-likeness (QED) is 0.804. The van der Waals surface area contributed by atoms with Gasteiger partial charge in [-0.25, -0.2) is 0 Å². The van der Waals surface area contributed by atoms with Crippen molar-refractivity contribution in [2.75, 3.05) is 26.2 Å². The van der Waals surface area contributed by atoms with Crippen LogP contribution in [0.5, 0.6) is 0 Å². The van der Waals surface area contributed by atoms with E-state index in [9.17, 15) is 0 Å². The van der Waals surface area contributed by atoms with Crippen LogP contribution >= 0.6 is 0 Å². The summed E-state index contributed by atoms with van der Waals surface area (Å²) < 4.78 is 5.26. The molecule has 0 bridgehead atoms. The Labute approximate surface area is 110 Å². The molecular weight excluding hydrogens is 246 g/mol. The Morgan fingerprint density at radius 3 is 2.79 bits per heavy atom. The third-order valence-corrected chi connectivity index (χ3v) is 3.51. The molecule has 8 nitrogen and oxygen atoms in total. The molecule has 2 aromatic rings. The van der Waals surface area contributed by atoms with Gasteiger partial charge in [0.1, 0.15) is 0 Å². The largest absolute Gasteiger partial charge is 0.332 e. The SMILES string of the molecule is CC(C)(c1noc(-c2cn[nH]n2)n1)N1CCNCC1. The van der Waals surface area contributed by atoms with Crippen molar-refractivity contribution in [3.8, 4) is 11.6 Å². The summed E-state index contributed by atoms with van der Waals surface area (Å²) in [5.74, 6) is 1.07. The van der Waals surface area contributed by atoms with Gasteiger partial charge in [0.25, 0.3) is 5.89 Å². The number of nitrogens with zero attached hydrogens (tertiary/aromatic N) is 5. The molecular formula is C11H17N7O. The Balaban J connectivity index is 1.84. The first-order chi connectivity index (χ1) is 9.18. The van der Waals surface area contributed by atoms with Crippen LogP contribution in [0.1, 0.15) is 19.7 Å². The lowest BCUT2D eigenvalue weighted by Crippen LogP contribution is -2.52. The first-order valence-corrected chi connectivity index (χ1v) is 6.34. The maximum Gasteiger partial charge on any atom is 0.280 e. The highest BCUT2D eigenvalue weighted by molar-refractivity contribution is 5.43. The zero-order valence-electron chi connectivity index (χ0n) is 11.1. The fourth-order valence-electron chi connectivity index (χ4n) is 2.25. The standard InChI is InChI=1S/C11H17N7O/c1-11(2,18-5-3-12-4-6-18)10-14-9(19-16-10)8-7-13-17-15-8/h7,12H,3-6H2,1-2H3,(H,13,15,17). The van der Waals surface area contributed by atoms with Crippen LogP contribution in [0.3, 0.4) is 0 Å². The minimum absolute atomic E-state index is 0.256.